The van der Waals surface area contributed by atoms with Crippen LogP contribution in [0.4, 0.5) is 5.69 Å². The maximum absolute atomic E-state index is 11.6. The molecule has 1 amide bonds. The van der Waals surface area contributed by atoms with Gasteiger partial charge in [0.15, 0.2) is 0 Å². The normalized spacial score (nSPS) is 9.76. The SMILES string of the molecule is CNC(=O)CCOC(=O)c1c(N)cccc1Cl. The van der Waals surface area contributed by atoms with Crippen molar-refractivity contribution < 1.29 is 14.3 Å². The summed E-state index contributed by atoms with van der Waals surface area (Å²) in [5.41, 5.74) is 6.00. The molecule has 0 aliphatic rings. The van der Waals surface area contributed by atoms with Crippen LogP contribution < -0.4 is 11.1 Å². The van der Waals surface area contributed by atoms with Crippen molar-refractivity contribution in [3.05, 3.63) is 28.8 Å². The van der Waals surface area contributed by atoms with Crippen LogP contribution in [0.25, 0.3) is 0 Å². The second-order valence-electron chi connectivity index (χ2n) is 3.26. The predicted molar refractivity (Wildman–Crippen MR) is 64.8 cm³/mol. The number of ether oxygens (including phenoxy) is 1. The second-order valence-corrected chi connectivity index (χ2v) is 3.67. The van der Waals surface area contributed by atoms with Crippen molar-refractivity contribution in [2.45, 2.75) is 6.42 Å². The summed E-state index contributed by atoms with van der Waals surface area (Å²) in [6.45, 7) is -0.0107. The lowest BCUT2D eigenvalue weighted by Gasteiger charge is -2.08. The van der Waals surface area contributed by atoms with E-state index in [1.165, 1.54) is 7.05 Å². The molecule has 0 fully saturated rings. The van der Waals surface area contributed by atoms with Gasteiger partial charge in [-0.2, -0.15) is 0 Å². The van der Waals surface area contributed by atoms with Crippen LogP contribution in [0.5, 0.6) is 0 Å². The molecule has 0 saturated heterocycles. The van der Waals surface area contributed by atoms with Gasteiger partial charge < -0.3 is 15.8 Å². The lowest BCUT2D eigenvalue weighted by atomic mass is 10.2. The van der Waals surface area contributed by atoms with Gasteiger partial charge >= 0.3 is 5.97 Å². The van der Waals surface area contributed by atoms with E-state index in [2.05, 4.69) is 5.32 Å². The van der Waals surface area contributed by atoms with E-state index in [1.54, 1.807) is 18.2 Å². The Labute approximate surface area is 104 Å². The number of amides is 1. The minimum Gasteiger partial charge on any atom is -0.461 e. The standard InChI is InChI=1S/C11H13ClN2O3/c1-14-9(15)5-6-17-11(16)10-7(12)3-2-4-8(10)13/h2-4H,5-6,13H2,1H3,(H,14,15). The lowest BCUT2D eigenvalue weighted by Crippen LogP contribution is -2.20. The Balaban J connectivity index is 2.61. The number of carbonyl (C=O) groups is 2. The number of nitrogens with one attached hydrogen (secondary N) is 1. The molecule has 1 aromatic carbocycles. The number of hydrogen-bond donors (Lipinski definition) is 2. The van der Waals surface area contributed by atoms with E-state index >= 15 is 0 Å². The molecule has 5 nitrogen and oxygen atoms in total. The number of hydrogen-bond acceptors (Lipinski definition) is 4. The van der Waals surface area contributed by atoms with Crippen LogP contribution >= 0.6 is 11.6 Å². The first-order chi connectivity index (χ1) is 8.06. The fourth-order valence-corrected chi connectivity index (χ4v) is 1.45. The van der Waals surface area contributed by atoms with Crippen molar-refractivity contribution in [1.29, 1.82) is 0 Å². The smallest absolute Gasteiger partial charge is 0.341 e. The van der Waals surface area contributed by atoms with E-state index in [0.29, 0.717) is 0 Å². The number of carbonyl (C=O) groups excluding carboxylic acids is 2. The average Bonchev–Trinajstić information content (AvgIpc) is 2.28. The maximum Gasteiger partial charge on any atom is 0.341 e. The highest BCUT2D eigenvalue weighted by Gasteiger charge is 2.15. The van der Waals surface area contributed by atoms with Gasteiger partial charge in [-0.3, -0.25) is 4.79 Å². The quantitative estimate of drug-likeness (QED) is 0.627. The number of halogens is 1. The van der Waals surface area contributed by atoms with E-state index in [-0.39, 0.29) is 35.2 Å². The first kappa shape index (κ1) is 13.3. The summed E-state index contributed by atoms with van der Waals surface area (Å²) in [5, 5.41) is 2.65. The molecule has 6 heteroatoms. The number of nitrogen functional groups attached to an aromatic ring is 1. The Morgan fingerprint density at radius 1 is 1.47 bits per heavy atom. The van der Waals surface area contributed by atoms with Crippen molar-refractivity contribution in [1.82, 2.24) is 5.32 Å². The Kier molecular flexibility index (Phi) is 4.78. The molecule has 0 saturated carbocycles. The van der Waals surface area contributed by atoms with Gasteiger partial charge in [-0.15, -0.1) is 0 Å². The molecule has 0 aliphatic heterocycles. The molecule has 17 heavy (non-hydrogen) atoms. The van der Waals surface area contributed by atoms with Gasteiger partial charge in [0, 0.05) is 12.7 Å². The molecule has 0 aliphatic carbocycles. The molecule has 0 atom stereocenters. The minimum atomic E-state index is -0.628. The van der Waals surface area contributed by atoms with Gasteiger partial charge in [-0.25, -0.2) is 4.79 Å². The Morgan fingerprint density at radius 2 is 2.18 bits per heavy atom. The van der Waals surface area contributed by atoms with E-state index in [9.17, 15) is 9.59 Å². The third kappa shape index (κ3) is 3.64. The van der Waals surface area contributed by atoms with E-state index in [1.807, 2.05) is 0 Å². The number of anilines is 1. The van der Waals surface area contributed by atoms with Crippen molar-refractivity contribution in [3.63, 3.8) is 0 Å². The largest absolute Gasteiger partial charge is 0.461 e. The Morgan fingerprint density at radius 3 is 2.76 bits per heavy atom. The van der Waals surface area contributed by atoms with E-state index < -0.39 is 5.97 Å². The zero-order chi connectivity index (χ0) is 12.8. The van der Waals surface area contributed by atoms with Crippen LogP contribution in [0, 0.1) is 0 Å². The predicted octanol–water partition coefficient (Wildman–Crippen LogP) is 1.22. The molecular weight excluding hydrogens is 244 g/mol. The molecule has 92 valence electrons. The van der Waals surface area contributed by atoms with Crippen molar-refractivity contribution in [2.24, 2.45) is 0 Å². The Bertz CT molecular complexity index is 414. The molecule has 3 N–H and O–H groups in total. The van der Waals surface area contributed by atoms with Gasteiger partial charge in [0.05, 0.1) is 11.4 Å². The van der Waals surface area contributed by atoms with Crippen molar-refractivity contribution in [2.75, 3.05) is 19.4 Å². The average molecular weight is 257 g/mol. The molecule has 0 spiro atoms. The van der Waals surface area contributed by atoms with Crippen molar-refractivity contribution >= 4 is 29.2 Å². The summed E-state index contributed by atoms with van der Waals surface area (Å²) in [6, 6.07) is 4.74. The fourth-order valence-electron chi connectivity index (χ4n) is 1.19. The Hall–Kier alpha value is -1.75. The fraction of sp³-hybridized carbons (Fsp3) is 0.273. The third-order valence-corrected chi connectivity index (χ3v) is 2.41. The van der Waals surface area contributed by atoms with Crippen LogP contribution in [0.2, 0.25) is 5.02 Å². The highest BCUT2D eigenvalue weighted by Crippen LogP contribution is 2.22. The van der Waals surface area contributed by atoms with Crippen LogP contribution in [-0.4, -0.2) is 25.5 Å². The number of esters is 1. The highest BCUT2D eigenvalue weighted by molar-refractivity contribution is 6.34. The monoisotopic (exact) mass is 256 g/mol. The molecule has 1 rings (SSSR count). The molecule has 0 heterocycles. The van der Waals surface area contributed by atoms with Gasteiger partial charge in [-0.1, -0.05) is 17.7 Å². The molecule has 1 aromatic rings. The van der Waals surface area contributed by atoms with E-state index in [0.717, 1.165) is 0 Å². The van der Waals surface area contributed by atoms with Gasteiger partial charge in [0.1, 0.15) is 12.2 Å². The molecule has 0 radical (unpaired) electrons. The van der Waals surface area contributed by atoms with Gasteiger partial charge in [-0.05, 0) is 12.1 Å². The number of benzene rings is 1. The zero-order valence-corrected chi connectivity index (χ0v) is 10.1. The second kappa shape index (κ2) is 6.10. The summed E-state index contributed by atoms with van der Waals surface area (Å²) in [6.07, 6.45) is 0.104. The molecule has 0 unspecified atom stereocenters. The van der Waals surface area contributed by atoms with Gasteiger partial charge in [0.25, 0.3) is 0 Å². The van der Waals surface area contributed by atoms with Gasteiger partial charge in [0.2, 0.25) is 5.91 Å². The molecule has 0 bridgehead atoms. The first-order valence-electron chi connectivity index (χ1n) is 4.98. The summed E-state index contributed by atoms with van der Waals surface area (Å²) in [7, 11) is 1.51. The van der Waals surface area contributed by atoms with Crippen LogP contribution in [0.15, 0.2) is 18.2 Å². The van der Waals surface area contributed by atoms with Crippen LogP contribution in [0.3, 0.4) is 0 Å². The summed E-state index contributed by atoms with van der Waals surface area (Å²) >= 11 is 5.83. The minimum absolute atomic E-state index is 0.0107. The summed E-state index contributed by atoms with van der Waals surface area (Å²) in [4.78, 5) is 22.5. The maximum atomic E-state index is 11.6. The number of nitrogens with two attached hydrogens (primary N) is 1. The van der Waals surface area contributed by atoms with Crippen LogP contribution in [0.1, 0.15) is 16.8 Å². The van der Waals surface area contributed by atoms with Crippen molar-refractivity contribution in [3.8, 4) is 0 Å². The van der Waals surface area contributed by atoms with E-state index in [4.69, 9.17) is 22.1 Å². The topological polar surface area (TPSA) is 81.4 Å². The summed E-state index contributed by atoms with van der Waals surface area (Å²) in [5.74, 6) is -0.832. The summed E-state index contributed by atoms with van der Waals surface area (Å²) < 4.78 is 4.90. The zero-order valence-electron chi connectivity index (χ0n) is 9.33. The number of rotatable bonds is 4. The molecular formula is C11H13ClN2O3. The van der Waals surface area contributed by atoms with Crippen LogP contribution in [-0.2, 0) is 9.53 Å². The third-order valence-electron chi connectivity index (χ3n) is 2.09. The molecule has 0 aromatic heterocycles. The first-order valence-corrected chi connectivity index (χ1v) is 5.35. The lowest BCUT2D eigenvalue weighted by molar-refractivity contribution is -0.121. The highest BCUT2D eigenvalue weighted by atomic mass is 35.5.